The summed E-state index contributed by atoms with van der Waals surface area (Å²) in [4.78, 5) is 30.0. The Balaban J connectivity index is 1.39. The largest absolute Gasteiger partial charge is 0.446 e. The number of amides is 3. The van der Waals surface area contributed by atoms with E-state index < -0.39 is 0 Å². The molecule has 1 aromatic carbocycles. The fourth-order valence-electron chi connectivity index (χ4n) is 3.12. The van der Waals surface area contributed by atoms with Crippen LogP contribution in [-0.4, -0.2) is 60.7 Å². The molecule has 1 atom stereocenters. The molecule has 31 heavy (non-hydrogen) atoms. The summed E-state index contributed by atoms with van der Waals surface area (Å²) < 4.78 is 10.9. The van der Waals surface area contributed by atoms with Gasteiger partial charge in [-0.1, -0.05) is 29.3 Å². The Morgan fingerprint density at radius 3 is 2.84 bits per heavy atom. The Labute approximate surface area is 190 Å². The molecule has 0 unspecified atom stereocenters. The molecular formula is C20H25Cl2N5O4. The number of hydrogen-bond donors (Lipinski definition) is 3. The van der Waals surface area contributed by atoms with Crippen LogP contribution in [0.2, 0.25) is 10.0 Å². The van der Waals surface area contributed by atoms with Crippen molar-refractivity contribution in [2.45, 2.75) is 26.1 Å². The van der Waals surface area contributed by atoms with Gasteiger partial charge in [0.1, 0.15) is 6.26 Å². The van der Waals surface area contributed by atoms with Gasteiger partial charge in [0.2, 0.25) is 5.89 Å². The van der Waals surface area contributed by atoms with Crippen molar-refractivity contribution in [3.8, 4) is 0 Å². The maximum Gasteiger partial charge on any atom is 0.315 e. The van der Waals surface area contributed by atoms with Gasteiger partial charge < -0.3 is 25.1 Å². The maximum absolute atomic E-state index is 12.1. The number of hydrogen-bond acceptors (Lipinski definition) is 6. The van der Waals surface area contributed by atoms with Crippen LogP contribution >= 0.6 is 23.2 Å². The van der Waals surface area contributed by atoms with Crippen LogP contribution in [0.3, 0.4) is 0 Å². The van der Waals surface area contributed by atoms with Gasteiger partial charge in [0.05, 0.1) is 29.3 Å². The minimum atomic E-state index is -0.372. The Morgan fingerprint density at radius 2 is 2.06 bits per heavy atom. The number of aromatic nitrogens is 1. The monoisotopic (exact) mass is 469 g/mol. The van der Waals surface area contributed by atoms with Crippen molar-refractivity contribution < 1.29 is 18.7 Å². The summed E-state index contributed by atoms with van der Waals surface area (Å²) in [6.07, 6.45) is 1.13. The highest BCUT2D eigenvalue weighted by atomic mass is 35.5. The summed E-state index contributed by atoms with van der Waals surface area (Å²) in [6.45, 7) is 5.51. The van der Waals surface area contributed by atoms with E-state index in [0.717, 1.165) is 18.7 Å². The van der Waals surface area contributed by atoms with Crippen molar-refractivity contribution in [1.29, 1.82) is 0 Å². The fraction of sp³-hybridized carbons (Fsp3) is 0.450. The van der Waals surface area contributed by atoms with Crippen LogP contribution in [0.1, 0.15) is 28.9 Å². The van der Waals surface area contributed by atoms with E-state index in [4.69, 9.17) is 32.4 Å². The third-order valence-corrected chi connectivity index (χ3v) is 5.36. The lowest BCUT2D eigenvalue weighted by Gasteiger charge is -2.33. The topological polar surface area (TPSA) is 109 Å². The molecule has 9 nitrogen and oxygen atoms in total. The van der Waals surface area contributed by atoms with Crippen molar-refractivity contribution in [1.82, 2.24) is 25.8 Å². The Kier molecular flexibility index (Phi) is 8.53. The minimum Gasteiger partial charge on any atom is -0.446 e. The minimum absolute atomic E-state index is 0.0697. The van der Waals surface area contributed by atoms with Gasteiger partial charge in [-0.3, -0.25) is 9.69 Å². The highest BCUT2D eigenvalue weighted by molar-refractivity contribution is 6.42. The molecule has 11 heteroatoms. The van der Waals surface area contributed by atoms with Crippen molar-refractivity contribution in [3.63, 3.8) is 0 Å². The number of carbonyl (C=O) groups is 2. The molecule has 3 N–H and O–H groups in total. The number of nitrogens with zero attached hydrogens (tertiary/aromatic N) is 2. The number of carbonyl (C=O) groups excluding carboxylic acids is 2. The molecule has 0 radical (unpaired) electrons. The summed E-state index contributed by atoms with van der Waals surface area (Å²) >= 11 is 12.1. The van der Waals surface area contributed by atoms with E-state index >= 15 is 0 Å². The molecular weight excluding hydrogens is 445 g/mol. The number of ether oxygens (including phenoxy) is 1. The smallest absolute Gasteiger partial charge is 0.315 e. The van der Waals surface area contributed by atoms with Crippen LogP contribution in [-0.2, 0) is 17.8 Å². The average Bonchev–Trinajstić information content (AvgIpc) is 3.23. The number of halogens is 2. The first-order chi connectivity index (χ1) is 14.9. The molecule has 0 aliphatic carbocycles. The molecule has 0 bridgehead atoms. The number of oxazole rings is 1. The van der Waals surface area contributed by atoms with Gasteiger partial charge in [0, 0.05) is 32.7 Å². The molecule has 0 saturated carbocycles. The molecule has 1 aliphatic rings. The molecule has 0 spiro atoms. The number of benzene rings is 1. The van der Waals surface area contributed by atoms with E-state index in [1.165, 1.54) is 6.26 Å². The lowest BCUT2D eigenvalue weighted by molar-refractivity contribution is -0.0287. The van der Waals surface area contributed by atoms with Crippen LogP contribution in [0, 0.1) is 0 Å². The lowest BCUT2D eigenvalue weighted by atomic mass is 10.2. The van der Waals surface area contributed by atoms with E-state index in [1.54, 1.807) is 6.07 Å². The lowest BCUT2D eigenvalue weighted by Crippen LogP contribution is -2.48. The van der Waals surface area contributed by atoms with Crippen LogP contribution < -0.4 is 16.0 Å². The fourth-order valence-corrected chi connectivity index (χ4v) is 3.44. The second kappa shape index (κ2) is 11.3. The zero-order valence-corrected chi connectivity index (χ0v) is 18.6. The van der Waals surface area contributed by atoms with Crippen LogP contribution in [0.5, 0.6) is 0 Å². The quantitative estimate of drug-likeness (QED) is 0.547. The Bertz CT molecular complexity index is 907. The SMILES string of the molecule is CCNC(=O)c1coc(CNC(=O)NC[C@H]2CN(Cc3ccc(Cl)c(Cl)c3)CCO2)n1. The molecule has 1 aliphatic heterocycles. The van der Waals surface area contributed by atoms with Gasteiger partial charge in [-0.15, -0.1) is 0 Å². The summed E-state index contributed by atoms with van der Waals surface area (Å²) in [5.74, 6) is -0.0695. The maximum atomic E-state index is 12.1. The van der Waals surface area contributed by atoms with Gasteiger partial charge in [0.15, 0.2) is 5.69 Å². The summed E-state index contributed by atoms with van der Waals surface area (Å²) in [7, 11) is 0. The van der Waals surface area contributed by atoms with Crippen molar-refractivity contribution in [2.24, 2.45) is 0 Å². The number of nitrogens with one attached hydrogen (secondary N) is 3. The molecule has 2 aromatic rings. The number of rotatable bonds is 8. The van der Waals surface area contributed by atoms with Crippen LogP contribution in [0.25, 0.3) is 0 Å². The molecule has 3 amide bonds. The predicted molar refractivity (Wildman–Crippen MR) is 116 cm³/mol. The van der Waals surface area contributed by atoms with Gasteiger partial charge in [-0.25, -0.2) is 9.78 Å². The second-order valence-corrected chi connectivity index (χ2v) is 7.84. The Morgan fingerprint density at radius 1 is 1.23 bits per heavy atom. The first-order valence-electron chi connectivity index (χ1n) is 9.96. The summed E-state index contributed by atoms with van der Waals surface area (Å²) in [5, 5.41) is 9.13. The van der Waals surface area contributed by atoms with Gasteiger partial charge in [-0.05, 0) is 24.6 Å². The standard InChI is InChI=1S/C20H25Cl2N5O4/c1-2-23-19(28)17-12-31-18(26-17)9-25-20(29)24-8-14-11-27(5-6-30-14)10-13-3-4-15(21)16(22)7-13/h3-4,7,12,14H,2,5-6,8-11H2,1H3,(H,23,28)(H2,24,25,29)/t14-/m0/s1. The van der Waals surface area contributed by atoms with Gasteiger partial charge >= 0.3 is 6.03 Å². The molecule has 1 fully saturated rings. The predicted octanol–water partition coefficient (Wildman–Crippen LogP) is 2.43. The van der Waals surface area contributed by atoms with E-state index in [9.17, 15) is 9.59 Å². The second-order valence-electron chi connectivity index (χ2n) is 7.03. The average molecular weight is 470 g/mol. The number of urea groups is 1. The molecule has 1 saturated heterocycles. The Hall–Kier alpha value is -2.33. The van der Waals surface area contributed by atoms with Crippen LogP contribution in [0.15, 0.2) is 28.9 Å². The van der Waals surface area contributed by atoms with E-state index in [1.807, 2.05) is 19.1 Å². The zero-order valence-electron chi connectivity index (χ0n) is 17.1. The van der Waals surface area contributed by atoms with E-state index in [-0.39, 0.29) is 36.2 Å². The highest BCUT2D eigenvalue weighted by Gasteiger charge is 2.21. The highest BCUT2D eigenvalue weighted by Crippen LogP contribution is 2.23. The normalized spacial score (nSPS) is 16.7. The zero-order chi connectivity index (χ0) is 22.2. The molecule has 3 rings (SSSR count). The van der Waals surface area contributed by atoms with E-state index in [2.05, 4.69) is 25.8 Å². The van der Waals surface area contributed by atoms with E-state index in [0.29, 0.717) is 36.3 Å². The first-order valence-corrected chi connectivity index (χ1v) is 10.7. The molecule has 168 valence electrons. The van der Waals surface area contributed by atoms with Crippen LogP contribution in [0.4, 0.5) is 4.79 Å². The molecule has 2 heterocycles. The molecule has 1 aromatic heterocycles. The first kappa shape index (κ1) is 23.3. The van der Waals surface area contributed by atoms with Gasteiger partial charge in [0.25, 0.3) is 5.91 Å². The van der Waals surface area contributed by atoms with Crippen molar-refractivity contribution >= 4 is 35.1 Å². The third-order valence-electron chi connectivity index (χ3n) is 4.63. The summed E-state index contributed by atoms with van der Waals surface area (Å²) in [6, 6.07) is 5.23. The van der Waals surface area contributed by atoms with Gasteiger partial charge in [-0.2, -0.15) is 0 Å². The third kappa shape index (κ3) is 7.10. The van der Waals surface area contributed by atoms with Crippen molar-refractivity contribution in [3.05, 3.63) is 51.7 Å². The summed E-state index contributed by atoms with van der Waals surface area (Å²) in [5.41, 5.74) is 1.25. The number of morpholine rings is 1. The van der Waals surface area contributed by atoms with Crippen molar-refractivity contribution in [2.75, 3.05) is 32.8 Å².